The predicted octanol–water partition coefficient (Wildman–Crippen LogP) is 4.20. The van der Waals surface area contributed by atoms with Gasteiger partial charge < -0.3 is 4.57 Å². The Morgan fingerprint density at radius 1 is 1.12 bits per heavy atom. The van der Waals surface area contributed by atoms with E-state index < -0.39 is 8.24 Å². The number of hydrogen-bond acceptors (Lipinski definition) is 1. The molecule has 1 rings (SSSR count). The molecule has 0 saturated heterocycles. The molecule has 0 unspecified atom stereocenters. The monoisotopic (exact) mass is 237 g/mol. The zero-order valence-electron chi connectivity index (χ0n) is 11.0. The molecule has 0 amide bonds. The van der Waals surface area contributed by atoms with Crippen molar-refractivity contribution in [3.05, 3.63) is 25.3 Å². The van der Waals surface area contributed by atoms with Crippen LogP contribution in [0.5, 0.6) is 0 Å². The lowest BCUT2D eigenvalue weighted by atomic mass is 9.96. The van der Waals surface area contributed by atoms with E-state index in [-0.39, 0.29) is 0 Å². The van der Waals surface area contributed by atoms with Crippen molar-refractivity contribution in [1.29, 1.82) is 0 Å². The second-order valence-corrected chi connectivity index (χ2v) is 9.90. The third-order valence-electron chi connectivity index (χ3n) is 4.14. The summed E-state index contributed by atoms with van der Waals surface area (Å²) in [7, 11) is 0.999. The Morgan fingerprint density at radius 3 is 2.06 bits per heavy atom. The maximum absolute atomic E-state index is 3.93. The first-order valence-corrected chi connectivity index (χ1v) is 9.45. The van der Waals surface area contributed by atoms with E-state index in [4.69, 9.17) is 0 Å². The van der Waals surface area contributed by atoms with Gasteiger partial charge in [0.1, 0.15) is 8.24 Å². The van der Waals surface area contributed by atoms with Gasteiger partial charge in [0.25, 0.3) is 0 Å². The summed E-state index contributed by atoms with van der Waals surface area (Å²) in [6.45, 7) is 10.3. The molecule has 0 aromatic carbocycles. The van der Waals surface area contributed by atoms with Crippen molar-refractivity contribution in [2.75, 3.05) is 7.05 Å². The van der Waals surface area contributed by atoms with Gasteiger partial charge in [-0.15, -0.1) is 13.2 Å². The van der Waals surface area contributed by atoms with Gasteiger partial charge in [0.2, 0.25) is 0 Å². The highest BCUT2D eigenvalue weighted by atomic mass is 28.3. The van der Waals surface area contributed by atoms with Gasteiger partial charge in [-0.05, 0) is 32.0 Å². The molecule has 0 spiro atoms. The van der Waals surface area contributed by atoms with Gasteiger partial charge in [0, 0.05) is 6.04 Å². The van der Waals surface area contributed by atoms with E-state index in [9.17, 15) is 0 Å². The lowest BCUT2D eigenvalue weighted by Crippen LogP contribution is -2.53. The number of hydrogen-bond donors (Lipinski definition) is 0. The van der Waals surface area contributed by atoms with E-state index in [0.717, 1.165) is 6.04 Å². The van der Waals surface area contributed by atoms with Crippen LogP contribution >= 0.6 is 0 Å². The molecule has 0 aliphatic heterocycles. The molecule has 0 atom stereocenters. The van der Waals surface area contributed by atoms with Gasteiger partial charge in [-0.2, -0.15) is 0 Å². The Balaban J connectivity index is 2.67. The van der Waals surface area contributed by atoms with Crippen LogP contribution in [0, 0.1) is 0 Å². The molecule has 0 aromatic rings. The molecular formula is C14H27NSi. The zero-order chi connectivity index (χ0) is 12.0. The van der Waals surface area contributed by atoms with E-state index in [2.05, 4.69) is 43.5 Å². The van der Waals surface area contributed by atoms with Crippen LogP contribution in [0.2, 0.25) is 18.6 Å². The standard InChI is InChI=1S/C14H27NSi/c1-5-12-16(4,13-6-2)15(3)14-10-8-7-9-11-14/h5-6,14H,1-2,7-13H2,3-4H3. The minimum atomic E-state index is -1.34. The molecule has 1 fully saturated rings. The molecule has 1 nitrogen and oxygen atoms in total. The quantitative estimate of drug-likeness (QED) is 0.494. The highest BCUT2D eigenvalue weighted by Gasteiger charge is 2.34. The first-order valence-electron chi connectivity index (χ1n) is 6.59. The van der Waals surface area contributed by atoms with Crippen LogP contribution in [0.4, 0.5) is 0 Å². The highest BCUT2D eigenvalue weighted by Crippen LogP contribution is 2.29. The van der Waals surface area contributed by atoms with E-state index in [1.165, 1.54) is 44.2 Å². The third kappa shape index (κ3) is 3.32. The normalized spacial score (nSPS) is 18.7. The number of nitrogens with zero attached hydrogens (tertiary/aromatic N) is 1. The van der Waals surface area contributed by atoms with Crippen LogP contribution < -0.4 is 0 Å². The SMILES string of the molecule is C=CC[Si](C)(CC=C)N(C)C1CCCCC1. The summed E-state index contributed by atoms with van der Waals surface area (Å²) >= 11 is 0. The van der Waals surface area contributed by atoms with Crippen LogP contribution in [-0.2, 0) is 0 Å². The van der Waals surface area contributed by atoms with Crippen LogP contribution in [0.15, 0.2) is 25.3 Å². The average Bonchev–Trinajstić information content (AvgIpc) is 2.30. The molecule has 1 saturated carbocycles. The van der Waals surface area contributed by atoms with Crippen molar-refractivity contribution in [1.82, 2.24) is 4.57 Å². The van der Waals surface area contributed by atoms with Crippen molar-refractivity contribution in [2.24, 2.45) is 0 Å². The largest absolute Gasteiger partial charge is 0.323 e. The summed E-state index contributed by atoms with van der Waals surface area (Å²) in [4.78, 5) is 0. The Labute approximate surface area is 102 Å². The first-order chi connectivity index (χ1) is 7.64. The second kappa shape index (κ2) is 6.41. The van der Waals surface area contributed by atoms with E-state index in [1.807, 2.05) is 0 Å². The summed E-state index contributed by atoms with van der Waals surface area (Å²) in [5.41, 5.74) is 0. The molecule has 0 N–H and O–H groups in total. The smallest absolute Gasteiger partial charge is 0.132 e. The molecule has 2 heteroatoms. The molecule has 0 radical (unpaired) electrons. The Morgan fingerprint density at radius 2 is 1.62 bits per heavy atom. The second-order valence-electron chi connectivity index (χ2n) is 5.39. The minimum Gasteiger partial charge on any atom is -0.323 e. The van der Waals surface area contributed by atoms with Crippen LogP contribution in [0.1, 0.15) is 32.1 Å². The molecule has 0 heterocycles. The van der Waals surface area contributed by atoms with Gasteiger partial charge in [-0.25, -0.2) is 0 Å². The summed E-state index contributed by atoms with van der Waals surface area (Å²) in [5.74, 6) is 0. The summed E-state index contributed by atoms with van der Waals surface area (Å²) in [6.07, 6.45) is 11.3. The molecule has 92 valence electrons. The van der Waals surface area contributed by atoms with Crippen molar-refractivity contribution in [3.8, 4) is 0 Å². The molecular weight excluding hydrogens is 210 g/mol. The van der Waals surface area contributed by atoms with E-state index in [0.29, 0.717) is 0 Å². The first kappa shape index (κ1) is 13.7. The third-order valence-corrected chi connectivity index (χ3v) is 8.55. The average molecular weight is 237 g/mol. The summed E-state index contributed by atoms with van der Waals surface area (Å²) in [6, 6.07) is 3.20. The lowest BCUT2D eigenvalue weighted by Gasteiger charge is -2.43. The Bertz CT molecular complexity index is 221. The maximum atomic E-state index is 3.93. The molecule has 1 aliphatic rings. The highest BCUT2D eigenvalue weighted by molar-refractivity contribution is 6.76. The molecule has 0 aromatic heterocycles. The summed E-state index contributed by atoms with van der Waals surface area (Å²) < 4.78 is 2.72. The van der Waals surface area contributed by atoms with Crippen molar-refractivity contribution in [2.45, 2.75) is 56.8 Å². The van der Waals surface area contributed by atoms with Gasteiger partial charge in [-0.1, -0.05) is 38.0 Å². The van der Waals surface area contributed by atoms with Gasteiger partial charge >= 0.3 is 0 Å². The van der Waals surface area contributed by atoms with Gasteiger partial charge in [0.05, 0.1) is 0 Å². The minimum absolute atomic E-state index is 0.824. The molecule has 16 heavy (non-hydrogen) atoms. The topological polar surface area (TPSA) is 3.24 Å². The predicted molar refractivity (Wildman–Crippen MR) is 76.3 cm³/mol. The van der Waals surface area contributed by atoms with Crippen LogP contribution in [0.25, 0.3) is 0 Å². The van der Waals surface area contributed by atoms with Crippen molar-refractivity contribution in [3.63, 3.8) is 0 Å². The lowest BCUT2D eigenvalue weighted by molar-refractivity contribution is 0.279. The van der Waals surface area contributed by atoms with Gasteiger partial charge in [-0.3, -0.25) is 0 Å². The van der Waals surface area contributed by atoms with Crippen molar-refractivity contribution >= 4 is 8.24 Å². The summed E-state index contributed by atoms with van der Waals surface area (Å²) in [5, 5.41) is 0. The zero-order valence-corrected chi connectivity index (χ0v) is 12.0. The van der Waals surface area contributed by atoms with Crippen LogP contribution in [-0.4, -0.2) is 25.9 Å². The fraction of sp³-hybridized carbons (Fsp3) is 0.714. The Kier molecular flexibility index (Phi) is 5.49. The molecule has 1 aliphatic carbocycles. The van der Waals surface area contributed by atoms with Crippen molar-refractivity contribution < 1.29 is 0 Å². The molecule has 0 bridgehead atoms. The van der Waals surface area contributed by atoms with Crippen LogP contribution in [0.3, 0.4) is 0 Å². The Hall–Kier alpha value is -0.343. The van der Waals surface area contributed by atoms with Gasteiger partial charge in [0.15, 0.2) is 0 Å². The van der Waals surface area contributed by atoms with E-state index >= 15 is 0 Å². The van der Waals surface area contributed by atoms with E-state index in [1.54, 1.807) is 0 Å². The number of allylic oxidation sites excluding steroid dienone is 2. The maximum Gasteiger partial charge on any atom is 0.132 e. The fourth-order valence-electron chi connectivity index (χ4n) is 2.90. The number of rotatable bonds is 6. The fourth-order valence-corrected chi connectivity index (χ4v) is 6.03.